The lowest BCUT2D eigenvalue weighted by Crippen LogP contribution is -2.47. The lowest BCUT2D eigenvalue weighted by Gasteiger charge is -2.36. The van der Waals surface area contributed by atoms with E-state index in [4.69, 9.17) is 0 Å². The molecular weight excluding hydrogens is 525 g/mol. The van der Waals surface area contributed by atoms with Gasteiger partial charge in [0.1, 0.15) is 11.7 Å². The molecule has 0 radical (unpaired) electrons. The third-order valence-corrected chi connectivity index (χ3v) is 7.31. The number of anilines is 3. The molecule has 1 fully saturated rings. The van der Waals surface area contributed by atoms with Crippen LogP contribution in [0, 0.1) is 0 Å². The summed E-state index contributed by atoms with van der Waals surface area (Å²) in [6.07, 6.45) is -0.826. The van der Waals surface area contributed by atoms with Gasteiger partial charge >= 0.3 is 6.18 Å². The quantitative estimate of drug-likeness (QED) is 0.514. The number of carbonyl (C=O) groups excluding carboxylic acids is 2. The van der Waals surface area contributed by atoms with Crippen molar-refractivity contribution in [3.8, 4) is 0 Å². The van der Waals surface area contributed by atoms with E-state index in [0.29, 0.717) is 43.0 Å². The second-order valence-corrected chi connectivity index (χ2v) is 11.3. The lowest BCUT2D eigenvalue weighted by atomic mass is 9.96. The van der Waals surface area contributed by atoms with Crippen molar-refractivity contribution in [3.05, 3.63) is 41.9 Å². The molecule has 38 heavy (non-hydrogen) atoms. The maximum atomic E-state index is 13.7. The zero-order valence-electron chi connectivity index (χ0n) is 21.1. The van der Waals surface area contributed by atoms with Crippen molar-refractivity contribution in [1.82, 2.24) is 15.3 Å². The number of sulfonamides is 1. The summed E-state index contributed by atoms with van der Waals surface area (Å²) in [6, 6.07) is 3.82. The summed E-state index contributed by atoms with van der Waals surface area (Å²) in [5.41, 5.74) is 1.30. The first-order valence-electron chi connectivity index (χ1n) is 12.2. The number of amides is 2. The first-order valence-corrected chi connectivity index (χ1v) is 14.0. The van der Waals surface area contributed by atoms with Crippen LogP contribution in [0.2, 0.25) is 0 Å². The average Bonchev–Trinajstić information content (AvgIpc) is 3.24. The molecule has 2 aliphatic heterocycles. The van der Waals surface area contributed by atoms with E-state index in [-0.39, 0.29) is 35.8 Å². The number of nitrogens with zero attached hydrogens (tertiary/aromatic N) is 4. The van der Waals surface area contributed by atoms with Gasteiger partial charge in [-0.3, -0.25) is 24.2 Å². The van der Waals surface area contributed by atoms with Gasteiger partial charge in [-0.1, -0.05) is 6.92 Å². The van der Waals surface area contributed by atoms with E-state index in [1.165, 1.54) is 18.3 Å². The molecule has 0 saturated carbocycles. The van der Waals surface area contributed by atoms with Crippen LogP contribution < -0.4 is 19.8 Å². The maximum Gasteiger partial charge on any atom is 0.408 e. The van der Waals surface area contributed by atoms with Crippen LogP contribution in [0.25, 0.3) is 0 Å². The van der Waals surface area contributed by atoms with E-state index in [2.05, 4.69) is 14.7 Å². The Morgan fingerprint density at radius 2 is 1.97 bits per heavy atom. The highest BCUT2D eigenvalue weighted by molar-refractivity contribution is 7.92. The summed E-state index contributed by atoms with van der Waals surface area (Å²) in [6.45, 7) is 4.00. The van der Waals surface area contributed by atoms with Crippen molar-refractivity contribution in [3.63, 3.8) is 0 Å². The largest absolute Gasteiger partial charge is 0.408 e. The highest BCUT2D eigenvalue weighted by Gasteiger charge is 2.41. The number of rotatable bonds is 8. The third-order valence-electron chi connectivity index (χ3n) is 6.71. The molecule has 4 heterocycles. The molecule has 2 bridgehead atoms. The first-order chi connectivity index (χ1) is 17.8. The summed E-state index contributed by atoms with van der Waals surface area (Å²) < 4.78 is 64.5. The summed E-state index contributed by atoms with van der Waals surface area (Å²) in [7, 11) is -3.49. The predicted octanol–water partition coefficient (Wildman–Crippen LogP) is 3.04. The lowest BCUT2D eigenvalue weighted by molar-refractivity contribution is -0.149. The van der Waals surface area contributed by atoms with E-state index in [9.17, 15) is 31.2 Å². The summed E-state index contributed by atoms with van der Waals surface area (Å²) in [5.74, 6) is -1.33. The summed E-state index contributed by atoms with van der Waals surface area (Å²) in [5, 5.41) is 1.91. The van der Waals surface area contributed by atoms with E-state index < -0.39 is 28.1 Å². The monoisotopic (exact) mass is 554 g/mol. The first kappa shape index (κ1) is 27.6. The van der Waals surface area contributed by atoms with E-state index in [1.807, 2.05) is 17.1 Å². The molecule has 0 spiro atoms. The Labute approximate surface area is 218 Å². The second kappa shape index (κ2) is 10.4. The Balaban J connectivity index is 1.60. The number of pyridine rings is 2. The number of hydrogen-bond acceptors (Lipinski definition) is 7. The van der Waals surface area contributed by atoms with Crippen LogP contribution in [0.4, 0.5) is 30.4 Å². The molecule has 2 aliphatic rings. The number of halogens is 3. The van der Waals surface area contributed by atoms with Crippen LogP contribution >= 0.6 is 0 Å². The van der Waals surface area contributed by atoms with Crippen LogP contribution in [-0.4, -0.2) is 67.8 Å². The Morgan fingerprint density at radius 1 is 1.24 bits per heavy atom. The van der Waals surface area contributed by atoms with E-state index in [1.54, 1.807) is 17.0 Å². The molecule has 0 aliphatic carbocycles. The van der Waals surface area contributed by atoms with Gasteiger partial charge < -0.3 is 10.2 Å². The van der Waals surface area contributed by atoms with Gasteiger partial charge in [-0.05, 0) is 44.0 Å². The van der Waals surface area contributed by atoms with Crippen LogP contribution in [0.15, 0.2) is 30.5 Å². The van der Waals surface area contributed by atoms with Crippen LogP contribution in [0.5, 0.6) is 0 Å². The molecule has 2 aromatic heterocycles. The highest BCUT2D eigenvalue weighted by Crippen LogP contribution is 2.40. The fourth-order valence-electron chi connectivity index (χ4n) is 4.73. The zero-order valence-corrected chi connectivity index (χ0v) is 21.9. The standard InChI is InChI=1S/C24H29F3N6O4S/c1-4-15(19-12-16(7-9-28-19)31-38(3,36)37)11-21(34)33-17-8-10-32(13-17)20-6-5-18(30-22(20)33)23(35)29-14(2)24(25,26)27/h5-7,9,12,14-15,17H,4,8,10-11,13H2,1-3H3,(H,28,31)(H,29,35)/t14-,15?,17+/m1/s1. The molecule has 3 atom stereocenters. The Kier molecular flexibility index (Phi) is 7.55. The molecule has 2 N–H and O–H groups in total. The van der Waals surface area contributed by atoms with Crippen molar-refractivity contribution < 1.29 is 31.2 Å². The van der Waals surface area contributed by atoms with Gasteiger partial charge in [-0.25, -0.2) is 13.4 Å². The number of nitrogens with one attached hydrogen (secondary N) is 2. The molecule has 206 valence electrons. The molecule has 2 aromatic rings. The van der Waals surface area contributed by atoms with Crippen LogP contribution in [0.1, 0.15) is 55.2 Å². The van der Waals surface area contributed by atoms with Gasteiger partial charge in [0, 0.05) is 37.3 Å². The average molecular weight is 555 g/mol. The van der Waals surface area contributed by atoms with Crippen LogP contribution in [-0.2, 0) is 14.8 Å². The summed E-state index contributed by atoms with van der Waals surface area (Å²) >= 11 is 0. The van der Waals surface area contributed by atoms with Gasteiger partial charge in [-0.15, -0.1) is 0 Å². The Morgan fingerprint density at radius 3 is 2.63 bits per heavy atom. The smallest absolute Gasteiger partial charge is 0.366 e. The van der Waals surface area contributed by atoms with Gasteiger partial charge in [-0.2, -0.15) is 13.2 Å². The molecular formula is C24H29F3N6O4S. The fraction of sp³-hybridized carbons (Fsp3) is 0.500. The number of carbonyl (C=O) groups is 2. The van der Waals surface area contributed by atoms with Gasteiger partial charge in [0.15, 0.2) is 5.82 Å². The SMILES string of the molecule is CCC(CC(=O)N1c2nc(C(=O)N[C@H](C)C(F)(F)F)ccc2N2CC[C@H]1C2)c1cc(NS(C)(=O)=O)ccn1. The topological polar surface area (TPSA) is 125 Å². The van der Waals surface area contributed by atoms with E-state index >= 15 is 0 Å². The molecule has 1 unspecified atom stereocenters. The molecule has 10 nitrogen and oxygen atoms in total. The molecule has 1 saturated heterocycles. The molecule has 2 amide bonds. The minimum atomic E-state index is -4.60. The number of aromatic nitrogens is 2. The highest BCUT2D eigenvalue weighted by atomic mass is 32.2. The Hall–Kier alpha value is -3.42. The predicted molar refractivity (Wildman–Crippen MR) is 136 cm³/mol. The minimum absolute atomic E-state index is 0.0466. The summed E-state index contributed by atoms with van der Waals surface area (Å²) in [4.78, 5) is 38.5. The number of alkyl halides is 3. The van der Waals surface area contributed by atoms with Crippen molar-refractivity contribution in [2.75, 3.05) is 33.9 Å². The molecule has 14 heteroatoms. The van der Waals surface area contributed by atoms with Crippen LogP contribution in [0.3, 0.4) is 0 Å². The molecule has 0 aromatic carbocycles. The second-order valence-electron chi connectivity index (χ2n) is 9.58. The van der Waals surface area contributed by atoms with Gasteiger partial charge in [0.2, 0.25) is 15.9 Å². The minimum Gasteiger partial charge on any atom is -0.366 e. The number of hydrogen-bond donors (Lipinski definition) is 2. The maximum absolute atomic E-state index is 13.7. The van der Waals surface area contributed by atoms with E-state index in [0.717, 1.165) is 13.2 Å². The molecule has 4 rings (SSSR count). The fourth-order valence-corrected chi connectivity index (χ4v) is 5.28. The van der Waals surface area contributed by atoms with Crippen molar-refractivity contribution in [2.45, 2.75) is 57.3 Å². The van der Waals surface area contributed by atoms with Crippen molar-refractivity contribution >= 4 is 39.0 Å². The van der Waals surface area contributed by atoms with Gasteiger partial charge in [0.05, 0.1) is 23.7 Å². The van der Waals surface area contributed by atoms with Crippen molar-refractivity contribution in [1.29, 1.82) is 0 Å². The number of fused-ring (bicyclic) bond motifs is 4. The normalized spacial score (nSPS) is 18.5. The Bertz CT molecular complexity index is 1340. The van der Waals surface area contributed by atoms with Gasteiger partial charge in [0.25, 0.3) is 5.91 Å². The third kappa shape index (κ3) is 6.00. The zero-order chi connectivity index (χ0) is 27.8. The van der Waals surface area contributed by atoms with Crippen molar-refractivity contribution in [2.24, 2.45) is 0 Å².